The highest BCUT2D eigenvalue weighted by Crippen LogP contribution is 2.11. The van der Waals surface area contributed by atoms with E-state index in [0.29, 0.717) is 5.92 Å². The van der Waals surface area contributed by atoms with Gasteiger partial charge in [0.25, 0.3) is 0 Å². The SMILES string of the molecule is Cc1cc(CNCC(C)C)cnc1-n1cccn1. The molecule has 0 amide bonds. The Labute approximate surface area is 108 Å². The van der Waals surface area contributed by atoms with Gasteiger partial charge in [0.1, 0.15) is 0 Å². The number of aryl methyl sites for hydroxylation is 1. The molecule has 0 aliphatic rings. The fourth-order valence-electron chi connectivity index (χ4n) is 1.86. The van der Waals surface area contributed by atoms with E-state index >= 15 is 0 Å². The maximum absolute atomic E-state index is 4.48. The molecule has 0 spiro atoms. The molecule has 0 fully saturated rings. The van der Waals surface area contributed by atoms with Crippen molar-refractivity contribution in [2.75, 3.05) is 6.54 Å². The summed E-state index contributed by atoms with van der Waals surface area (Å²) in [5.41, 5.74) is 2.35. The Morgan fingerprint density at radius 1 is 1.39 bits per heavy atom. The fourth-order valence-corrected chi connectivity index (χ4v) is 1.86. The summed E-state index contributed by atoms with van der Waals surface area (Å²) in [4.78, 5) is 4.48. The van der Waals surface area contributed by atoms with Gasteiger partial charge in [-0.25, -0.2) is 9.67 Å². The van der Waals surface area contributed by atoms with E-state index in [2.05, 4.69) is 42.2 Å². The van der Waals surface area contributed by atoms with Crippen LogP contribution < -0.4 is 5.32 Å². The Kier molecular flexibility index (Phi) is 4.10. The zero-order chi connectivity index (χ0) is 13.0. The first-order valence-corrected chi connectivity index (χ1v) is 6.33. The largest absolute Gasteiger partial charge is 0.312 e. The fraction of sp³-hybridized carbons (Fsp3) is 0.429. The molecule has 2 rings (SSSR count). The molecule has 0 unspecified atom stereocenters. The summed E-state index contributed by atoms with van der Waals surface area (Å²) < 4.78 is 1.79. The lowest BCUT2D eigenvalue weighted by Gasteiger charge is -2.10. The van der Waals surface area contributed by atoms with Crippen LogP contribution in [-0.4, -0.2) is 21.3 Å². The monoisotopic (exact) mass is 244 g/mol. The molecule has 4 heteroatoms. The first-order chi connectivity index (χ1) is 8.66. The van der Waals surface area contributed by atoms with E-state index in [4.69, 9.17) is 0 Å². The Morgan fingerprint density at radius 3 is 2.83 bits per heavy atom. The number of hydrogen-bond acceptors (Lipinski definition) is 3. The van der Waals surface area contributed by atoms with Gasteiger partial charge in [-0.2, -0.15) is 5.10 Å². The third-order valence-corrected chi connectivity index (χ3v) is 2.71. The van der Waals surface area contributed by atoms with E-state index < -0.39 is 0 Å². The molecule has 18 heavy (non-hydrogen) atoms. The van der Waals surface area contributed by atoms with Crippen LogP contribution in [0.2, 0.25) is 0 Å². The van der Waals surface area contributed by atoms with Crippen LogP contribution in [0.1, 0.15) is 25.0 Å². The van der Waals surface area contributed by atoms with Crippen LogP contribution in [0.3, 0.4) is 0 Å². The molecule has 0 radical (unpaired) electrons. The van der Waals surface area contributed by atoms with Crippen molar-refractivity contribution in [3.8, 4) is 5.82 Å². The van der Waals surface area contributed by atoms with E-state index in [1.165, 1.54) is 5.56 Å². The second-order valence-corrected chi connectivity index (χ2v) is 4.96. The van der Waals surface area contributed by atoms with E-state index in [1.54, 1.807) is 10.9 Å². The molecule has 96 valence electrons. The summed E-state index contributed by atoms with van der Waals surface area (Å²) in [6, 6.07) is 4.07. The molecule has 0 aliphatic carbocycles. The van der Waals surface area contributed by atoms with Crippen molar-refractivity contribution in [2.24, 2.45) is 5.92 Å². The topological polar surface area (TPSA) is 42.7 Å². The smallest absolute Gasteiger partial charge is 0.156 e. The molecular formula is C14H20N4. The van der Waals surface area contributed by atoms with Gasteiger partial charge in [-0.1, -0.05) is 13.8 Å². The van der Waals surface area contributed by atoms with E-state index in [9.17, 15) is 0 Å². The zero-order valence-electron chi connectivity index (χ0n) is 11.2. The average Bonchev–Trinajstić information content (AvgIpc) is 2.82. The van der Waals surface area contributed by atoms with Crippen LogP contribution in [-0.2, 0) is 6.54 Å². The molecular weight excluding hydrogens is 224 g/mol. The second-order valence-electron chi connectivity index (χ2n) is 4.96. The molecule has 2 heterocycles. The third kappa shape index (κ3) is 3.17. The van der Waals surface area contributed by atoms with Gasteiger partial charge in [0, 0.05) is 25.1 Å². The van der Waals surface area contributed by atoms with Crippen LogP contribution >= 0.6 is 0 Å². The molecule has 4 nitrogen and oxygen atoms in total. The quantitative estimate of drug-likeness (QED) is 0.877. The average molecular weight is 244 g/mol. The Bertz CT molecular complexity index is 489. The van der Waals surface area contributed by atoms with E-state index in [0.717, 1.165) is 24.5 Å². The maximum atomic E-state index is 4.48. The molecule has 0 saturated heterocycles. The van der Waals surface area contributed by atoms with Gasteiger partial charge in [0.05, 0.1) is 0 Å². The van der Waals surface area contributed by atoms with Gasteiger partial charge in [-0.3, -0.25) is 0 Å². The summed E-state index contributed by atoms with van der Waals surface area (Å²) in [6.07, 6.45) is 5.59. The van der Waals surface area contributed by atoms with Crippen molar-refractivity contribution in [3.05, 3.63) is 41.9 Å². The molecule has 0 aliphatic heterocycles. The molecule has 0 aromatic carbocycles. The Hall–Kier alpha value is -1.68. The van der Waals surface area contributed by atoms with E-state index in [-0.39, 0.29) is 0 Å². The molecule has 2 aromatic rings. The lowest BCUT2D eigenvalue weighted by atomic mass is 10.2. The Balaban J connectivity index is 2.06. The molecule has 0 bridgehead atoms. The van der Waals surface area contributed by atoms with Crippen molar-refractivity contribution in [1.82, 2.24) is 20.1 Å². The highest BCUT2D eigenvalue weighted by Gasteiger charge is 2.04. The van der Waals surface area contributed by atoms with Crippen LogP contribution in [0.4, 0.5) is 0 Å². The minimum Gasteiger partial charge on any atom is -0.312 e. The standard InChI is InChI=1S/C14H20N4/c1-11(2)8-15-9-13-7-12(3)14(16-10-13)18-6-4-5-17-18/h4-7,10-11,15H,8-9H2,1-3H3. The lowest BCUT2D eigenvalue weighted by Crippen LogP contribution is -2.19. The van der Waals surface area contributed by atoms with Crippen molar-refractivity contribution in [1.29, 1.82) is 0 Å². The highest BCUT2D eigenvalue weighted by molar-refractivity contribution is 5.34. The van der Waals surface area contributed by atoms with Crippen LogP contribution in [0.15, 0.2) is 30.7 Å². The maximum Gasteiger partial charge on any atom is 0.156 e. The van der Waals surface area contributed by atoms with Gasteiger partial charge in [0.15, 0.2) is 5.82 Å². The summed E-state index contributed by atoms with van der Waals surface area (Å²) in [5, 5.41) is 7.62. The number of rotatable bonds is 5. The van der Waals surface area contributed by atoms with Crippen molar-refractivity contribution in [3.63, 3.8) is 0 Å². The minimum atomic E-state index is 0.669. The van der Waals surface area contributed by atoms with Crippen LogP contribution in [0.25, 0.3) is 5.82 Å². The van der Waals surface area contributed by atoms with Crippen molar-refractivity contribution < 1.29 is 0 Å². The predicted molar refractivity (Wildman–Crippen MR) is 72.6 cm³/mol. The normalized spacial score (nSPS) is 11.1. The molecule has 2 aromatic heterocycles. The Morgan fingerprint density at radius 2 is 2.22 bits per heavy atom. The predicted octanol–water partition coefficient (Wildman–Crippen LogP) is 2.32. The molecule has 0 atom stereocenters. The van der Waals surface area contributed by atoms with Gasteiger partial charge in [-0.15, -0.1) is 0 Å². The van der Waals surface area contributed by atoms with Gasteiger partial charge in [-0.05, 0) is 42.6 Å². The van der Waals surface area contributed by atoms with E-state index in [1.807, 2.05) is 18.5 Å². The first-order valence-electron chi connectivity index (χ1n) is 6.33. The zero-order valence-corrected chi connectivity index (χ0v) is 11.2. The minimum absolute atomic E-state index is 0.669. The first kappa shape index (κ1) is 12.8. The second kappa shape index (κ2) is 5.78. The molecule has 0 saturated carbocycles. The van der Waals surface area contributed by atoms with Gasteiger partial charge < -0.3 is 5.32 Å². The van der Waals surface area contributed by atoms with Crippen LogP contribution in [0.5, 0.6) is 0 Å². The number of hydrogen-bond donors (Lipinski definition) is 1. The summed E-state index contributed by atoms with van der Waals surface area (Å²) in [5.74, 6) is 1.56. The third-order valence-electron chi connectivity index (χ3n) is 2.71. The summed E-state index contributed by atoms with van der Waals surface area (Å²) in [7, 11) is 0. The molecule has 1 N–H and O–H groups in total. The lowest BCUT2D eigenvalue weighted by molar-refractivity contribution is 0.551. The van der Waals surface area contributed by atoms with Gasteiger partial charge >= 0.3 is 0 Å². The van der Waals surface area contributed by atoms with Gasteiger partial charge in [0.2, 0.25) is 0 Å². The van der Waals surface area contributed by atoms with Crippen LogP contribution in [0, 0.1) is 12.8 Å². The highest BCUT2D eigenvalue weighted by atomic mass is 15.3. The summed E-state index contributed by atoms with van der Waals surface area (Å²) in [6.45, 7) is 8.37. The number of nitrogens with one attached hydrogen (secondary N) is 1. The number of aromatic nitrogens is 3. The number of nitrogens with zero attached hydrogens (tertiary/aromatic N) is 3. The van der Waals surface area contributed by atoms with Crippen molar-refractivity contribution in [2.45, 2.75) is 27.3 Å². The summed E-state index contributed by atoms with van der Waals surface area (Å²) >= 11 is 0. The van der Waals surface area contributed by atoms with Crippen molar-refractivity contribution >= 4 is 0 Å². The number of pyridine rings is 1.